The third-order valence-corrected chi connectivity index (χ3v) is 9.54. The Morgan fingerprint density at radius 3 is 2.40 bits per heavy atom. The highest BCUT2D eigenvalue weighted by Gasteiger charge is 2.34. The fraction of sp³-hybridized carbons (Fsp3) is 0.517. The number of carbonyl (C=O) groups excluding carboxylic acids is 2. The van der Waals surface area contributed by atoms with Crippen LogP contribution in [0.4, 0.5) is 5.69 Å². The van der Waals surface area contributed by atoms with Gasteiger partial charge in [-0.05, 0) is 49.9 Å². The van der Waals surface area contributed by atoms with Gasteiger partial charge in [0, 0.05) is 23.7 Å². The van der Waals surface area contributed by atoms with Gasteiger partial charge in [0.1, 0.15) is 25.8 Å². The van der Waals surface area contributed by atoms with Gasteiger partial charge in [0.05, 0.1) is 11.4 Å². The molecule has 1 N–H and O–H groups in total. The monoisotopic (exact) mass is 591 g/mol. The van der Waals surface area contributed by atoms with Gasteiger partial charge >= 0.3 is 0 Å². The molecule has 1 aliphatic heterocycles. The number of carbonyl (C=O) groups is 2. The van der Waals surface area contributed by atoms with Crippen LogP contribution in [-0.4, -0.2) is 62.7 Å². The zero-order chi connectivity index (χ0) is 28.7. The molecule has 218 valence electrons. The first kappa shape index (κ1) is 30.0. The van der Waals surface area contributed by atoms with Crippen molar-refractivity contribution >= 4 is 39.1 Å². The van der Waals surface area contributed by atoms with Gasteiger partial charge in [-0.25, -0.2) is 8.42 Å². The number of hydrogen-bond acceptors (Lipinski definition) is 6. The lowest BCUT2D eigenvalue weighted by Gasteiger charge is -2.34. The van der Waals surface area contributed by atoms with Crippen LogP contribution in [0.2, 0.25) is 5.02 Å². The number of hydrogen-bond donors (Lipinski definition) is 1. The Balaban J connectivity index is 1.65. The molecule has 11 heteroatoms. The second-order valence-electron chi connectivity index (χ2n) is 10.1. The second-order valence-corrected chi connectivity index (χ2v) is 12.7. The van der Waals surface area contributed by atoms with E-state index in [4.69, 9.17) is 21.1 Å². The number of benzene rings is 2. The number of nitrogens with zero attached hydrogens (tertiary/aromatic N) is 2. The van der Waals surface area contributed by atoms with E-state index in [1.54, 1.807) is 36.4 Å². The first-order chi connectivity index (χ1) is 19.2. The highest BCUT2D eigenvalue weighted by molar-refractivity contribution is 7.92. The van der Waals surface area contributed by atoms with Crippen LogP contribution >= 0.6 is 11.6 Å². The molecule has 2 amide bonds. The minimum absolute atomic E-state index is 0.0657. The van der Waals surface area contributed by atoms with E-state index in [1.165, 1.54) is 11.8 Å². The largest absolute Gasteiger partial charge is 0.486 e. The van der Waals surface area contributed by atoms with Gasteiger partial charge in [-0.1, -0.05) is 56.0 Å². The number of amides is 2. The van der Waals surface area contributed by atoms with Crippen LogP contribution in [0.5, 0.6) is 11.5 Å². The van der Waals surface area contributed by atoms with Crippen molar-refractivity contribution in [2.75, 3.05) is 29.8 Å². The molecule has 2 aromatic rings. The van der Waals surface area contributed by atoms with Gasteiger partial charge in [-0.15, -0.1) is 0 Å². The molecular weight excluding hydrogens is 554 g/mol. The van der Waals surface area contributed by atoms with E-state index < -0.39 is 28.5 Å². The molecule has 40 heavy (non-hydrogen) atoms. The standard InChI is InChI=1S/C29H38ClN3O6S/c1-3-25(29(35)31-22-11-6-5-7-12-22)32(19-21-10-8-9-13-24(21)30)28(34)20-33(40(36,37)4-2)23-14-15-26-27(18-23)39-17-16-38-26/h8-10,13-15,18,22,25H,3-7,11-12,16-17,19-20H2,1-2H3,(H,31,35)/t25-/m1/s1. The number of halogens is 1. The predicted molar refractivity (Wildman–Crippen MR) is 155 cm³/mol. The molecule has 0 bridgehead atoms. The lowest BCUT2D eigenvalue weighted by atomic mass is 9.95. The summed E-state index contributed by atoms with van der Waals surface area (Å²) in [6, 6.07) is 11.2. The van der Waals surface area contributed by atoms with Gasteiger partial charge < -0.3 is 19.7 Å². The number of anilines is 1. The van der Waals surface area contributed by atoms with Crippen LogP contribution in [-0.2, 0) is 26.2 Å². The minimum atomic E-state index is -3.86. The number of nitrogens with one attached hydrogen (secondary N) is 1. The molecule has 0 spiro atoms. The molecule has 0 unspecified atom stereocenters. The van der Waals surface area contributed by atoms with Gasteiger partial charge in [0.15, 0.2) is 11.5 Å². The van der Waals surface area contributed by atoms with E-state index in [0.717, 1.165) is 36.4 Å². The molecule has 1 atom stereocenters. The lowest BCUT2D eigenvalue weighted by molar-refractivity contribution is -0.140. The Hall–Kier alpha value is -2.98. The van der Waals surface area contributed by atoms with Crippen LogP contribution in [0.15, 0.2) is 42.5 Å². The van der Waals surface area contributed by atoms with E-state index in [9.17, 15) is 18.0 Å². The van der Waals surface area contributed by atoms with Crippen molar-refractivity contribution in [3.63, 3.8) is 0 Å². The van der Waals surface area contributed by atoms with Crippen LogP contribution in [0.3, 0.4) is 0 Å². The topological polar surface area (TPSA) is 105 Å². The number of rotatable bonds is 11. The van der Waals surface area contributed by atoms with Crippen molar-refractivity contribution in [3.8, 4) is 11.5 Å². The smallest absolute Gasteiger partial charge is 0.244 e. The van der Waals surface area contributed by atoms with Gasteiger partial charge in [0.25, 0.3) is 0 Å². The summed E-state index contributed by atoms with van der Waals surface area (Å²) >= 11 is 6.45. The summed E-state index contributed by atoms with van der Waals surface area (Å²) in [5, 5.41) is 3.60. The average Bonchev–Trinajstić information content (AvgIpc) is 2.96. The summed E-state index contributed by atoms with van der Waals surface area (Å²) in [6.07, 6.45) is 5.45. The third-order valence-electron chi connectivity index (χ3n) is 7.43. The van der Waals surface area contributed by atoms with E-state index in [0.29, 0.717) is 41.7 Å². The fourth-order valence-corrected chi connectivity index (χ4v) is 6.43. The van der Waals surface area contributed by atoms with E-state index in [1.807, 2.05) is 13.0 Å². The molecule has 1 heterocycles. The maximum absolute atomic E-state index is 14.0. The highest BCUT2D eigenvalue weighted by Crippen LogP contribution is 2.35. The van der Waals surface area contributed by atoms with Crippen molar-refractivity contribution in [1.29, 1.82) is 0 Å². The van der Waals surface area contributed by atoms with Crippen LogP contribution in [0, 0.1) is 0 Å². The van der Waals surface area contributed by atoms with E-state index in [-0.39, 0.29) is 29.9 Å². The number of ether oxygens (including phenoxy) is 2. The first-order valence-corrected chi connectivity index (χ1v) is 16.0. The lowest BCUT2D eigenvalue weighted by Crippen LogP contribution is -2.54. The summed E-state index contributed by atoms with van der Waals surface area (Å²) in [6.45, 7) is 3.71. The minimum Gasteiger partial charge on any atom is -0.486 e. The summed E-state index contributed by atoms with van der Waals surface area (Å²) < 4.78 is 38.8. The molecule has 1 saturated carbocycles. The Bertz CT molecular complexity index is 1300. The zero-order valence-electron chi connectivity index (χ0n) is 23.1. The Labute approximate surface area is 241 Å². The van der Waals surface area contributed by atoms with Crippen molar-refractivity contribution in [1.82, 2.24) is 10.2 Å². The summed E-state index contributed by atoms with van der Waals surface area (Å²) in [4.78, 5) is 29.0. The van der Waals surface area contributed by atoms with Crippen LogP contribution in [0.1, 0.15) is 57.9 Å². The molecule has 0 radical (unpaired) electrons. The van der Waals surface area contributed by atoms with Crippen LogP contribution in [0.25, 0.3) is 0 Å². The molecule has 1 fully saturated rings. The van der Waals surface area contributed by atoms with Gasteiger partial charge in [0.2, 0.25) is 21.8 Å². The molecule has 2 aromatic carbocycles. The Kier molecular flexibility index (Phi) is 10.2. The Morgan fingerprint density at radius 2 is 1.73 bits per heavy atom. The number of fused-ring (bicyclic) bond motifs is 1. The normalized spacial score (nSPS) is 16.2. The van der Waals surface area contributed by atoms with Crippen molar-refractivity contribution < 1.29 is 27.5 Å². The van der Waals surface area contributed by atoms with Gasteiger partial charge in [-0.2, -0.15) is 0 Å². The molecule has 4 rings (SSSR count). The SMILES string of the molecule is CC[C@H](C(=O)NC1CCCCC1)N(Cc1ccccc1Cl)C(=O)CN(c1ccc2c(c1)OCCO2)S(=O)(=O)CC. The van der Waals surface area contributed by atoms with Crippen molar-refractivity contribution in [2.24, 2.45) is 0 Å². The molecule has 0 saturated heterocycles. The fourth-order valence-electron chi connectivity index (χ4n) is 5.18. The molecule has 0 aromatic heterocycles. The molecular formula is C29H38ClN3O6S. The van der Waals surface area contributed by atoms with Crippen LogP contribution < -0.4 is 19.1 Å². The third kappa shape index (κ3) is 7.20. The second kappa shape index (κ2) is 13.6. The van der Waals surface area contributed by atoms with E-state index >= 15 is 0 Å². The summed E-state index contributed by atoms with van der Waals surface area (Å²) in [7, 11) is -3.86. The predicted octanol–water partition coefficient (Wildman–Crippen LogP) is 4.52. The highest BCUT2D eigenvalue weighted by atomic mass is 35.5. The zero-order valence-corrected chi connectivity index (χ0v) is 24.7. The maximum Gasteiger partial charge on any atom is 0.244 e. The van der Waals surface area contributed by atoms with E-state index in [2.05, 4.69) is 5.32 Å². The first-order valence-electron chi connectivity index (χ1n) is 14.0. The van der Waals surface area contributed by atoms with Crippen molar-refractivity contribution in [3.05, 3.63) is 53.1 Å². The van der Waals surface area contributed by atoms with Gasteiger partial charge in [-0.3, -0.25) is 13.9 Å². The Morgan fingerprint density at radius 1 is 1.02 bits per heavy atom. The molecule has 2 aliphatic rings. The molecule has 1 aliphatic carbocycles. The summed E-state index contributed by atoms with van der Waals surface area (Å²) in [5.74, 6) is -0.0188. The summed E-state index contributed by atoms with van der Waals surface area (Å²) in [5.41, 5.74) is 0.961. The number of sulfonamides is 1. The average molecular weight is 592 g/mol. The maximum atomic E-state index is 14.0. The molecule has 9 nitrogen and oxygen atoms in total. The van der Waals surface area contributed by atoms with Crippen molar-refractivity contribution in [2.45, 2.75) is 71.0 Å². The quantitative estimate of drug-likeness (QED) is 0.412.